The average molecular weight is 332 g/mol. The van der Waals surface area contributed by atoms with E-state index in [9.17, 15) is 4.79 Å². The quantitative estimate of drug-likeness (QED) is 0.797. The molecule has 120 valence electrons. The van der Waals surface area contributed by atoms with Crippen LogP contribution in [0.25, 0.3) is 0 Å². The molecule has 0 saturated carbocycles. The smallest absolute Gasteiger partial charge is 0.337 e. The summed E-state index contributed by atoms with van der Waals surface area (Å²) in [7, 11) is 0. The second-order valence-corrected chi connectivity index (χ2v) is 5.99. The van der Waals surface area contributed by atoms with Crippen molar-refractivity contribution in [1.29, 1.82) is 0 Å². The van der Waals surface area contributed by atoms with Gasteiger partial charge in [-0.2, -0.15) is 0 Å². The van der Waals surface area contributed by atoms with Crippen LogP contribution < -0.4 is 10.1 Å². The summed E-state index contributed by atoms with van der Waals surface area (Å²) in [6.07, 6.45) is 1.93. The lowest BCUT2D eigenvalue weighted by molar-refractivity contribution is 0.0697. The van der Waals surface area contributed by atoms with Crippen molar-refractivity contribution >= 4 is 17.6 Å². The third-order valence-corrected chi connectivity index (χ3v) is 4.25. The SMILES string of the molecule is O=C(O)c1ccc(CNCCc2ccc3c(c2)CCO3)cc1Cl. The number of ether oxygens (including phenoxy) is 1. The standard InChI is InChI=1S/C18H18ClNO3/c19-16-10-13(1-3-15(16)18(21)22)11-20-7-5-12-2-4-17-14(9-12)6-8-23-17/h1-4,9-10,20H,5-8,11H2,(H,21,22). The zero-order valence-corrected chi connectivity index (χ0v) is 13.4. The Morgan fingerprint density at radius 1 is 1.22 bits per heavy atom. The molecular formula is C18H18ClNO3. The Bertz CT molecular complexity index is 730. The molecule has 0 aliphatic carbocycles. The van der Waals surface area contributed by atoms with E-state index in [1.807, 2.05) is 6.07 Å². The molecule has 0 unspecified atom stereocenters. The zero-order valence-electron chi connectivity index (χ0n) is 12.6. The molecule has 0 saturated heterocycles. The van der Waals surface area contributed by atoms with Crippen molar-refractivity contribution in [2.24, 2.45) is 0 Å². The number of benzene rings is 2. The molecule has 2 N–H and O–H groups in total. The molecule has 0 atom stereocenters. The van der Waals surface area contributed by atoms with Crippen molar-refractivity contribution in [3.63, 3.8) is 0 Å². The summed E-state index contributed by atoms with van der Waals surface area (Å²) >= 11 is 5.97. The predicted octanol–water partition coefficient (Wildman–Crippen LogP) is 3.31. The highest BCUT2D eigenvalue weighted by Gasteiger charge is 2.12. The number of hydrogen-bond donors (Lipinski definition) is 2. The molecule has 0 fully saturated rings. The van der Waals surface area contributed by atoms with Crippen molar-refractivity contribution in [3.8, 4) is 5.75 Å². The number of carboxylic acids is 1. The summed E-state index contributed by atoms with van der Waals surface area (Å²) in [6.45, 7) is 2.29. The van der Waals surface area contributed by atoms with Gasteiger partial charge in [0.05, 0.1) is 17.2 Å². The number of fused-ring (bicyclic) bond motifs is 1. The summed E-state index contributed by atoms with van der Waals surface area (Å²) in [4.78, 5) is 10.9. The first-order valence-electron chi connectivity index (χ1n) is 7.60. The zero-order chi connectivity index (χ0) is 16.2. The maximum absolute atomic E-state index is 10.9. The molecule has 0 bridgehead atoms. The average Bonchev–Trinajstić information content (AvgIpc) is 2.99. The van der Waals surface area contributed by atoms with E-state index in [2.05, 4.69) is 17.4 Å². The second-order valence-electron chi connectivity index (χ2n) is 5.59. The van der Waals surface area contributed by atoms with E-state index < -0.39 is 5.97 Å². The van der Waals surface area contributed by atoms with Crippen LogP contribution in [-0.2, 0) is 19.4 Å². The highest BCUT2D eigenvalue weighted by molar-refractivity contribution is 6.33. The molecule has 1 aliphatic rings. The van der Waals surface area contributed by atoms with Gasteiger partial charge in [0.1, 0.15) is 5.75 Å². The largest absolute Gasteiger partial charge is 0.493 e. The van der Waals surface area contributed by atoms with Crippen molar-refractivity contribution in [3.05, 3.63) is 63.7 Å². The maximum atomic E-state index is 10.9. The van der Waals surface area contributed by atoms with Crippen LogP contribution in [0.1, 0.15) is 27.0 Å². The monoisotopic (exact) mass is 331 g/mol. The molecule has 0 aromatic heterocycles. The Morgan fingerprint density at radius 3 is 2.83 bits per heavy atom. The maximum Gasteiger partial charge on any atom is 0.337 e. The van der Waals surface area contributed by atoms with Gasteiger partial charge in [0.25, 0.3) is 0 Å². The van der Waals surface area contributed by atoms with Gasteiger partial charge in [-0.05, 0) is 47.9 Å². The van der Waals surface area contributed by atoms with E-state index in [0.29, 0.717) is 6.54 Å². The lowest BCUT2D eigenvalue weighted by Crippen LogP contribution is -2.16. The van der Waals surface area contributed by atoms with Crippen LogP contribution in [-0.4, -0.2) is 24.2 Å². The number of rotatable bonds is 6. The first-order chi connectivity index (χ1) is 11.1. The van der Waals surface area contributed by atoms with Gasteiger partial charge >= 0.3 is 5.97 Å². The van der Waals surface area contributed by atoms with Gasteiger partial charge in [0.2, 0.25) is 0 Å². The van der Waals surface area contributed by atoms with Gasteiger partial charge in [0, 0.05) is 13.0 Å². The fourth-order valence-electron chi connectivity index (χ4n) is 2.70. The highest BCUT2D eigenvalue weighted by atomic mass is 35.5. The van der Waals surface area contributed by atoms with E-state index in [-0.39, 0.29) is 10.6 Å². The Labute approximate surface area is 140 Å². The molecule has 5 heteroatoms. The van der Waals surface area contributed by atoms with Crippen LogP contribution in [0.4, 0.5) is 0 Å². The minimum absolute atomic E-state index is 0.135. The molecule has 0 spiro atoms. The molecular weight excluding hydrogens is 314 g/mol. The Morgan fingerprint density at radius 2 is 2.04 bits per heavy atom. The Kier molecular flexibility index (Phi) is 4.84. The van der Waals surface area contributed by atoms with Gasteiger partial charge < -0.3 is 15.2 Å². The number of hydrogen-bond acceptors (Lipinski definition) is 3. The third-order valence-electron chi connectivity index (χ3n) is 3.94. The predicted molar refractivity (Wildman–Crippen MR) is 89.5 cm³/mol. The number of halogens is 1. The van der Waals surface area contributed by atoms with Crippen LogP contribution in [0, 0.1) is 0 Å². The number of carboxylic acid groups (broad SMARTS) is 1. The highest BCUT2D eigenvalue weighted by Crippen LogP contribution is 2.25. The Hall–Kier alpha value is -2.04. The van der Waals surface area contributed by atoms with Crippen molar-refractivity contribution in [2.45, 2.75) is 19.4 Å². The van der Waals surface area contributed by atoms with Crippen molar-refractivity contribution in [1.82, 2.24) is 5.32 Å². The molecule has 1 heterocycles. The lowest BCUT2D eigenvalue weighted by atomic mass is 10.1. The fraction of sp³-hybridized carbons (Fsp3) is 0.278. The van der Waals surface area contributed by atoms with Gasteiger partial charge in [-0.1, -0.05) is 29.8 Å². The Balaban J connectivity index is 1.50. The van der Waals surface area contributed by atoms with Crippen LogP contribution in [0.3, 0.4) is 0 Å². The molecule has 1 aliphatic heterocycles. The van der Waals surface area contributed by atoms with Crippen LogP contribution in [0.2, 0.25) is 5.02 Å². The van der Waals surface area contributed by atoms with Gasteiger partial charge in [0.15, 0.2) is 0 Å². The van der Waals surface area contributed by atoms with E-state index in [1.54, 1.807) is 18.2 Å². The topological polar surface area (TPSA) is 58.6 Å². The van der Waals surface area contributed by atoms with Crippen LogP contribution >= 0.6 is 11.6 Å². The summed E-state index contributed by atoms with van der Waals surface area (Å²) in [5.41, 5.74) is 3.69. The van der Waals surface area contributed by atoms with E-state index in [1.165, 1.54) is 11.1 Å². The molecule has 3 rings (SSSR count). The van der Waals surface area contributed by atoms with Gasteiger partial charge in [-0.15, -0.1) is 0 Å². The fourth-order valence-corrected chi connectivity index (χ4v) is 2.99. The van der Waals surface area contributed by atoms with Gasteiger partial charge in [-0.25, -0.2) is 4.79 Å². The molecule has 23 heavy (non-hydrogen) atoms. The summed E-state index contributed by atoms with van der Waals surface area (Å²) in [6, 6.07) is 11.4. The number of aromatic carboxylic acids is 1. The van der Waals surface area contributed by atoms with E-state index in [0.717, 1.165) is 37.3 Å². The van der Waals surface area contributed by atoms with Crippen LogP contribution in [0.5, 0.6) is 5.75 Å². The second kappa shape index (κ2) is 7.02. The minimum atomic E-state index is -1.00. The molecule has 0 radical (unpaired) electrons. The summed E-state index contributed by atoms with van der Waals surface area (Å²) in [5, 5.41) is 12.6. The first kappa shape index (κ1) is 15.8. The first-order valence-corrected chi connectivity index (χ1v) is 7.98. The molecule has 0 amide bonds. The normalized spacial score (nSPS) is 12.7. The van der Waals surface area contributed by atoms with E-state index in [4.69, 9.17) is 21.4 Å². The molecule has 2 aromatic rings. The van der Waals surface area contributed by atoms with Gasteiger partial charge in [-0.3, -0.25) is 0 Å². The van der Waals surface area contributed by atoms with Crippen LogP contribution in [0.15, 0.2) is 36.4 Å². The summed E-state index contributed by atoms with van der Waals surface area (Å²) < 4.78 is 5.50. The summed E-state index contributed by atoms with van der Waals surface area (Å²) in [5.74, 6) is 0.00460. The number of nitrogens with one attached hydrogen (secondary N) is 1. The van der Waals surface area contributed by atoms with E-state index >= 15 is 0 Å². The van der Waals surface area contributed by atoms with Crippen molar-refractivity contribution < 1.29 is 14.6 Å². The minimum Gasteiger partial charge on any atom is -0.493 e. The molecule has 2 aromatic carbocycles. The third kappa shape index (κ3) is 3.84. The number of carbonyl (C=O) groups is 1. The molecule has 4 nitrogen and oxygen atoms in total. The lowest BCUT2D eigenvalue weighted by Gasteiger charge is -2.08. The van der Waals surface area contributed by atoms with Crippen molar-refractivity contribution in [2.75, 3.05) is 13.2 Å².